The SMILES string of the molecule is CC(C)N1CCOC(C(N)Cc2csc3ccccc23)C1. The summed E-state index contributed by atoms with van der Waals surface area (Å²) in [6.07, 6.45) is 1.03. The zero-order chi connectivity index (χ0) is 14.8. The number of ether oxygens (including phenoxy) is 1. The Kier molecular flexibility index (Phi) is 4.60. The van der Waals surface area contributed by atoms with Gasteiger partial charge in [-0.15, -0.1) is 11.3 Å². The number of morpholine rings is 1. The van der Waals surface area contributed by atoms with Gasteiger partial charge in [-0.05, 0) is 42.7 Å². The summed E-state index contributed by atoms with van der Waals surface area (Å²) in [6, 6.07) is 9.17. The Labute approximate surface area is 130 Å². The number of hydrogen-bond donors (Lipinski definition) is 1. The Balaban J connectivity index is 1.69. The van der Waals surface area contributed by atoms with E-state index in [1.54, 1.807) is 11.3 Å². The summed E-state index contributed by atoms with van der Waals surface area (Å²) in [5.74, 6) is 0. The molecular weight excluding hydrogens is 280 g/mol. The summed E-state index contributed by atoms with van der Waals surface area (Å²) >= 11 is 1.80. The van der Waals surface area contributed by atoms with E-state index in [-0.39, 0.29) is 12.1 Å². The topological polar surface area (TPSA) is 38.5 Å². The number of benzene rings is 1. The molecule has 2 aromatic rings. The van der Waals surface area contributed by atoms with Crippen molar-refractivity contribution in [3.8, 4) is 0 Å². The number of fused-ring (bicyclic) bond motifs is 1. The predicted octanol–water partition coefficient (Wildman–Crippen LogP) is 2.88. The number of rotatable bonds is 4. The van der Waals surface area contributed by atoms with Crippen molar-refractivity contribution >= 4 is 21.4 Å². The van der Waals surface area contributed by atoms with Crippen molar-refractivity contribution in [3.63, 3.8) is 0 Å². The second-order valence-corrected chi connectivity index (χ2v) is 7.03. The Morgan fingerprint density at radius 1 is 1.38 bits per heavy atom. The predicted molar refractivity (Wildman–Crippen MR) is 90.0 cm³/mol. The Bertz CT molecular complexity index is 595. The van der Waals surface area contributed by atoms with Gasteiger partial charge in [0.15, 0.2) is 0 Å². The van der Waals surface area contributed by atoms with Crippen LogP contribution in [0.2, 0.25) is 0 Å². The lowest BCUT2D eigenvalue weighted by molar-refractivity contribution is -0.0494. The fraction of sp³-hybridized carbons (Fsp3) is 0.529. The molecule has 0 radical (unpaired) electrons. The van der Waals surface area contributed by atoms with Crippen LogP contribution in [0, 0.1) is 0 Å². The van der Waals surface area contributed by atoms with Gasteiger partial charge in [-0.3, -0.25) is 4.90 Å². The van der Waals surface area contributed by atoms with Crippen molar-refractivity contribution in [1.29, 1.82) is 0 Å². The van der Waals surface area contributed by atoms with E-state index in [1.807, 2.05) is 0 Å². The van der Waals surface area contributed by atoms with E-state index >= 15 is 0 Å². The monoisotopic (exact) mass is 304 g/mol. The van der Waals surface area contributed by atoms with Gasteiger partial charge in [-0.25, -0.2) is 0 Å². The number of hydrogen-bond acceptors (Lipinski definition) is 4. The molecule has 1 aromatic heterocycles. The van der Waals surface area contributed by atoms with Crippen molar-refractivity contribution in [2.45, 2.75) is 38.5 Å². The molecule has 1 saturated heterocycles. The molecule has 114 valence electrons. The molecule has 0 bridgehead atoms. The van der Waals surface area contributed by atoms with Crippen LogP contribution in [0.1, 0.15) is 19.4 Å². The summed E-state index contributed by atoms with van der Waals surface area (Å²) in [6.45, 7) is 7.23. The van der Waals surface area contributed by atoms with Crippen molar-refractivity contribution in [2.24, 2.45) is 5.73 Å². The second-order valence-electron chi connectivity index (χ2n) is 6.12. The molecule has 0 aliphatic carbocycles. The maximum absolute atomic E-state index is 6.45. The maximum Gasteiger partial charge on any atom is 0.0856 e. The average molecular weight is 304 g/mol. The summed E-state index contributed by atoms with van der Waals surface area (Å²) in [4.78, 5) is 2.46. The fourth-order valence-corrected chi connectivity index (χ4v) is 3.98. The lowest BCUT2D eigenvalue weighted by atomic mass is 10.00. The van der Waals surface area contributed by atoms with Crippen molar-refractivity contribution in [2.75, 3.05) is 19.7 Å². The summed E-state index contributed by atoms with van der Waals surface area (Å²) in [5.41, 5.74) is 7.80. The number of nitrogens with zero attached hydrogens (tertiary/aromatic N) is 1. The van der Waals surface area contributed by atoms with Crippen LogP contribution in [0.15, 0.2) is 29.6 Å². The molecular formula is C17H24N2OS. The molecule has 1 aliphatic rings. The highest BCUT2D eigenvalue weighted by Crippen LogP contribution is 2.27. The molecule has 0 spiro atoms. The minimum absolute atomic E-state index is 0.0598. The summed E-state index contributed by atoms with van der Waals surface area (Å²) in [5, 5.41) is 3.59. The third-order valence-electron chi connectivity index (χ3n) is 4.35. The van der Waals surface area contributed by atoms with E-state index in [2.05, 4.69) is 48.4 Å². The second kappa shape index (κ2) is 6.44. The van der Waals surface area contributed by atoms with Gasteiger partial charge in [0.2, 0.25) is 0 Å². The van der Waals surface area contributed by atoms with Crippen LogP contribution in [0.25, 0.3) is 10.1 Å². The lowest BCUT2D eigenvalue weighted by Gasteiger charge is -2.37. The average Bonchev–Trinajstić information content (AvgIpc) is 2.91. The Hall–Kier alpha value is -0.940. The van der Waals surface area contributed by atoms with Crippen molar-refractivity contribution in [1.82, 2.24) is 4.90 Å². The molecule has 4 heteroatoms. The van der Waals surface area contributed by atoms with Crippen molar-refractivity contribution < 1.29 is 4.74 Å². The maximum atomic E-state index is 6.45. The minimum atomic E-state index is 0.0598. The molecule has 2 heterocycles. The smallest absolute Gasteiger partial charge is 0.0856 e. The van der Waals surface area contributed by atoms with Gasteiger partial charge < -0.3 is 10.5 Å². The highest BCUT2D eigenvalue weighted by molar-refractivity contribution is 7.17. The first-order valence-electron chi connectivity index (χ1n) is 7.71. The first-order chi connectivity index (χ1) is 10.1. The molecule has 0 saturated carbocycles. The van der Waals surface area contributed by atoms with Gasteiger partial charge in [0.05, 0.1) is 12.7 Å². The normalized spacial score (nSPS) is 22.0. The molecule has 2 unspecified atom stereocenters. The summed E-state index contributed by atoms with van der Waals surface area (Å²) in [7, 11) is 0. The Morgan fingerprint density at radius 2 is 2.19 bits per heavy atom. The van der Waals surface area contributed by atoms with Gasteiger partial charge in [0, 0.05) is 29.9 Å². The molecule has 3 nitrogen and oxygen atoms in total. The molecule has 3 rings (SSSR count). The highest BCUT2D eigenvalue weighted by atomic mass is 32.1. The van der Waals surface area contributed by atoms with E-state index in [0.29, 0.717) is 6.04 Å². The van der Waals surface area contributed by atoms with E-state index in [0.717, 1.165) is 26.1 Å². The van der Waals surface area contributed by atoms with Gasteiger partial charge in [-0.1, -0.05) is 18.2 Å². The van der Waals surface area contributed by atoms with Gasteiger partial charge in [0.25, 0.3) is 0 Å². The minimum Gasteiger partial charge on any atom is -0.374 e. The fourth-order valence-electron chi connectivity index (χ4n) is 3.00. The van der Waals surface area contributed by atoms with Crippen LogP contribution >= 0.6 is 11.3 Å². The van der Waals surface area contributed by atoms with Crippen LogP contribution in [0.3, 0.4) is 0 Å². The number of thiophene rings is 1. The molecule has 0 amide bonds. The van der Waals surface area contributed by atoms with E-state index < -0.39 is 0 Å². The number of nitrogens with two attached hydrogens (primary N) is 1. The van der Waals surface area contributed by atoms with Crippen molar-refractivity contribution in [3.05, 3.63) is 35.2 Å². The highest BCUT2D eigenvalue weighted by Gasteiger charge is 2.27. The lowest BCUT2D eigenvalue weighted by Crippen LogP contribution is -2.53. The van der Waals surface area contributed by atoms with Crippen LogP contribution in [-0.2, 0) is 11.2 Å². The van der Waals surface area contributed by atoms with E-state index in [9.17, 15) is 0 Å². The summed E-state index contributed by atoms with van der Waals surface area (Å²) < 4.78 is 7.26. The van der Waals surface area contributed by atoms with Gasteiger partial charge in [-0.2, -0.15) is 0 Å². The van der Waals surface area contributed by atoms with Crippen LogP contribution in [0.5, 0.6) is 0 Å². The van der Waals surface area contributed by atoms with E-state index in [1.165, 1.54) is 15.6 Å². The standard InChI is InChI=1S/C17H24N2OS/c1-12(2)19-7-8-20-16(10-19)15(18)9-13-11-21-17-6-4-3-5-14(13)17/h3-6,11-12,15-16H,7-10,18H2,1-2H3. The van der Waals surface area contributed by atoms with Crippen LogP contribution < -0.4 is 5.73 Å². The first kappa shape index (κ1) is 15.0. The molecule has 1 aliphatic heterocycles. The van der Waals surface area contributed by atoms with Crippen LogP contribution in [-0.4, -0.2) is 42.8 Å². The first-order valence-corrected chi connectivity index (χ1v) is 8.59. The third-order valence-corrected chi connectivity index (χ3v) is 5.36. The quantitative estimate of drug-likeness (QED) is 0.944. The zero-order valence-corrected chi connectivity index (χ0v) is 13.6. The molecule has 2 N–H and O–H groups in total. The zero-order valence-electron chi connectivity index (χ0n) is 12.8. The Morgan fingerprint density at radius 3 is 3.00 bits per heavy atom. The molecule has 1 fully saturated rings. The molecule has 1 aromatic carbocycles. The molecule has 2 atom stereocenters. The van der Waals surface area contributed by atoms with Crippen LogP contribution in [0.4, 0.5) is 0 Å². The molecule has 21 heavy (non-hydrogen) atoms. The largest absolute Gasteiger partial charge is 0.374 e. The third kappa shape index (κ3) is 3.29. The van der Waals surface area contributed by atoms with Gasteiger partial charge >= 0.3 is 0 Å². The van der Waals surface area contributed by atoms with E-state index in [4.69, 9.17) is 10.5 Å². The van der Waals surface area contributed by atoms with Gasteiger partial charge in [0.1, 0.15) is 0 Å².